The van der Waals surface area contributed by atoms with Crippen LogP contribution in [0, 0.1) is 0 Å². The molecule has 0 aromatic heterocycles. The molecule has 3 nitrogen and oxygen atoms in total. The summed E-state index contributed by atoms with van der Waals surface area (Å²) >= 11 is 2.46. The van der Waals surface area contributed by atoms with Gasteiger partial charge in [-0.25, -0.2) is 0 Å². The third kappa shape index (κ3) is 2.55. The standard InChI is InChI=1S/C9H18IN3/c10-8-12-3-5-13(6-4-12)9-1-2-11-7-9/h9,11H,1-8H2. The van der Waals surface area contributed by atoms with Crippen LogP contribution < -0.4 is 5.32 Å². The van der Waals surface area contributed by atoms with E-state index in [1.807, 2.05) is 0 Å². The van der Waals surface area contributed by atoms with Gasteiger partial charge in [-0.2, -0.15) is 0 Å². The molecule has 0 aromatic rings. The summed E-state index contributed by atoms with van der Waals surface area (Å²) < 4.78 is 1.19. The van der Waals surface area contributed by atoms with Crippen LogP contribution in [-0.2, 0) is 0 Å². The number of halogens is 1. The molecule has 1 N–H and O–H groups in total. The summed E-state index contributed by atoms with van der Waals surface area (Å²) in [5.41, 5.74) is 0. The second kappa shape index (κ2) is 4.91. The Bertz CT molecular complexity index is 151. The largest absolute Gasteiger partial charge is 0.315 e. The second-order valence-electron chi connectivity index (χ2n) is 3.92. The smallest absolute Gasteiger partial charge is 0.0506 e. The van der Waals surface area contributed by atoms with Gasteiger partial charge in [-0.15, -0.1) is 0 Å². The maximum atomic E-state index is 3.44. The van der Waals surface area contributed by atoms with E-state index in [0.29, 0.717) is 0 Å². The molecule has 2 aliphatic rings. The van der Waals surface area contributed by atoms with Gasteiger partial charge in [0.2, 0.25) is 0 Å². The SMILES string of the molecule is ICN1CCN(C2CCNC2)CC1. The van der Waals surface area contributed by atoms with Gasteiger partial charge in [0, 0.05) is 38.8 Å². The van der Waals surface area contributed by atoms with E-state index < -0.39 is 0 Å². The molecule has 2 saturated heterocycles. The molecule has 2 rings (SSSR count). The van der Waals surface area contributed by atoms with Crippen molar-refractivity contribution in [3.05, 3.63) is 0 Å². The highest BCUT2D eigenvalue weighted by atomic mass is 127. The fourth-order valence-electron chi connectivity index (χ4n) is 2.20. The monoisotopic (exact) mass is 295 g/mol. The van der Waals surface area contributed by atoms with Crippen molar-refractivity contribution >= 4 is 22.6 Å². The third-order valence-corrected chi connectivity index (χ3v) is 4.09. The van der Waals surface area contributed by atoms with Crippen molar-refractivity contribution in [1.82, 2.24) is 15.1 Å². The van der Waals surface area contributed by atoms with E-state index >= 15 is 0 Å². The lowest BCUT2D eigenvalue weighted by atomic mass is 10.2. The lowest BCUT2D eigenvalue weighted by Gasteiger charge is -2.36. The first-order chi connectivity index (χ1) is 6.40. The Morgan fingerprint density at radius 2 is 2.00 bits per heavy atom. The summed E-state index contributed by atoms with van der Waals surface area (Å²) in [6, 6.07) is 0.830. The first kappa shape index (κ1) is 10.1. The number of hydrogen-bond donors (Lipinski definition) is 1. The molecule has 2 fully saturated rings. The Balaban J connectivity index is 1.77. The van der Waals surface area contributed by atoms with E-state index in [1.54, 1.807) is 0 Å². The van der Waals surface area contributed by atoms with Gasteiger partial charge in [-0.1, -0.05) is 22.6 Å². The molecule has 4 heteroatoms. The summed E-state index contributed by atoms with van der Waals surface area (Å²) in [5, 5.41) is 3.44. The fraction of sp³-hybridized carbons (Fsp3) is 1.00. The zero-order valence-electron chi connectivity index (χ0n) is 8.01. The Labute approximate surface area is 94.0 Å². The average molecular weight is 295 g/mol. The average Bonchev–Trinajstić information content (AvgIpc) is 2.71. The molecule has 2 heterocycles. The van der Waals surface area contributed by atoms with E-state index in [9.17, 15) is 0 Å². The quantitative estimate of drug-likeness (QED) is 0.451. The maximum absolute atomic E-state index is 3.44. The van der Waals surface area contributed by atoms with Crippen molar-refractivity contribution in [2.75, 3.05) is 43.8 Å². The molecule has 0 amide bonds. The zero-order chi connectivity index (χ0) is 9.10. The minimum atomic E-state index is 0.830. The van der Waals surface area contributed by atoms with Crippen molar-refractivity contribution in [1.29, 1.82) is 0 Å². The van der Waals surface area contributed by atoms with E-state index in [1.165, 1.54) is 50.2 Å². The molecule has 0 radical (unpaired) electrons. The van der Waals surface area contributed by atoms with Crippen LogP contribution in [0.4, 0.5) is 0 Å². The van der Waals surface area contributed by atoms with E-state index in [-0.39, 0.29) is 0 Å². The first-order valence-corrected chi connectivity index (χ1v) is 6.66. The Hall–Kier alpha value is 0.610. The molecule has 0 aromatic carbocycles. The molecule has 0 aliphatic carbocycles. The second-order valence-corrected chi connectivity index (χ2v) is 4.60. The number of alkyl halides is 1. The van der Waals surface area contributed by atoms with Crippen LogP contribution in [0.2, 0.25) is 0 Å². The van der Waals surface area contributed by atoms with Crippen LogP contribution in [0.15, 0.2) is 0 Å². The van der Waals surface area contributed by atoms with Gasteiger partial charge in [-0.3, -0.25) is 9.80 Å². The molecule has 0 spiro atoms. The van der Waals surface area contributed by atoms with Crippen LogP contribution in [0.3, 0.4) is 0 Å². The molecule has 1 atom stereocenters. The summed E-state index contributed by atoms with van der Waals surface area (Å²) in [6.45, 7) is 7.50. The van der Waals surface area contributed by atoms with E-state index in [2.05, 4.69) is 37.7 Å². The molecule has 13 heavy (non-hydrogen) atoms. The Morgan fingerprint density at radius 1 is 1.23 bits per heavy atom. The van der Waals surface area contributed by atoms with Crippen molar-refractivity contribution < 1.29 is 0 Å². The summed E-state index contributed by atoms with van der Waals surface area (Å²) in [5.74, 6) is 0. The summed E-state index contributed by atoms with van der Waals surface area (Å²) in [6.07, 6.45) is 1.35. The van der Waals surface area contributed by atoms with Crippen molar-refractivity contribution in [3.63, 3.8) is 0 Å². The number of rotatable bonds is 2. The van der Waals surface area contributed by atoms with Gasteiger partial charge >= 0.3 is 0 Å². The van der Waals surface area contributed by atoms with Crippen molar-refractivity contribution in [2.45, 2.75) is 12.5 Å². The van der Waals surface area contributed by atoms with Gasteiger partial charge in [0.25, 0.3) is 0 Å². The number of hydrogen-bond acceptors (Lipinski definition) is 3. The predicted molar refractivity (Wildman–Crippen MR) is 63.3 cm³/mol. The molecule has 2 aliphatic heterocycles. The molecule has 0 saturated carbocycles. The Morgan fingerprint density at radius 3 is 2.54 bits per heavy atom. The van der Waals surface area contributed by atoms with Crippen molar-refractivity contribution in [2.24, 2.45) is 0 Å². The highest BCUT2D eigenvalue weighted by Crippen LogP contribution is 2.12. The zero-order valence-corrected chi connectivity index (χ0v) is 10.2. The third-order valence-electron chi connectivity index (χ3n) is 3.13. The van der Waals surface area contributed by atoms with Gasteiger partial charge < -0.3 is 5.32 Å². The van der Waals surface area contributed by atoms with Crippen molar-refractivity contribution in [3.8, 4) is 0 Å². The summed E-state index contributed by atoms with van der Waals surface area (Å²) in [4.78, 5) is 5.18. The maximum Gasteiger partial charge on any atom is 0.0506 e. The highest BCUT2D eigenvalue weighted by molar-refractivity contribution is 14.1. The van der Waals surface area contributed by atoms with Crippen LogP contribution in [0.25, 0.3) is 0 Å². The molecule has 76 valence electrons. The fourth-order valence-corrected chi connectivity index (χ4v) is 2.88. The minimum absolute atomic E-state index is 0.830. The molecular weight excluding hydrogens is 277 g/mol. The predicted octanol–water partition coefficient (Wildman–Crippen LogP) is 0.358. The van der Waals surface area contributed by atoms with Gasteiger partial charge in [0.1, 0.15) is 0 Å². The van der Waals surface area contributed by atoms with Crippen LogP contribution >= 0.6 is 22.6 Å². The lowest BCUT2D eigenvalue weighted by Crippen LogP contribution is -2.50. The number of piperazine rings is 1. The topological polar surface area (TPSA) is 18.5 Å². The van der Waals surface area contributed by atoms with Gasteiger partial charge in [0.05, 0.1) is 4.55 Å². The van der Waals surface area contributed by atoms with Gasteiger partial charge in [0.15, 0.2) is 0 Å². The summed E-state index contributed by atoms with van der Waals surface area (Å²) in [7, 11) is 0. The molecular formula is C9H18IN3. The van der Waals surface area contributed by atoms with Crippen LogP contribution in [0.1, 0.15) is 6.42 Å². The highest BCUT2D eigenvalue weighted by Gasteiger charge is 2.25. The van der Waals surface area contributed by atoms with Crippen LogP contribution in [-0.4, -0.2) is 59.7 Å². The Kier molecular flexibility index (Phi) is 3.83. The first-order valence-electron chi connectivity index (χ1n) is 5.13. The van der Waals surface area contributed by atoms with Crippen LogP contribution in [0.5, 0.6) is 0 Å². The van der Waals surface area contributed by atoms with E-state index in [4.69, 9.17) is 0 Å². The normalized spacial score (nSPS) is 32.5. The molecule has 0 bridgehead atoms. The minimum Gasteiger partial charge on any atom is -0.315 e. The number of nitrogens with zero attached hydrogens (tertiary/aromatic N) is 2. The van der Waals surface area contributed by atoms with Gasteiger partial charge in [-0.05, 0) is 13.0 Å². The lowest BCUT2D eigenvalue weighted by molar-refractivity contribution is 0.117. The molecule has 1 unspecified atom stereocenters. The number of nitrogens with one attached hydrogen (secondary N) is 1. The van der Waals surface area contributed by atoms with E-state index in [0.717, 1.165) is 6.04 Å².